The van der Waals surface area contributed by atoms with E-state index >= 15 is 0 Å². The molecule has 6 heteroatoms. The van der Waals surface area contributed by atoms with Crippen LogP contribution in [0, 0.1) is 0 Å². The van der Waals surface area contributed by atoms with E-state index in [4.69, 9.17) is 10.8 Å². The first-order valence-corrected chi connectivity index (χ1v) is 6.03. The van der Waals surface area contributed by atoms with Crippen LogP contribution in [-0.4, -0.2) is 39.9 Å². The van der Waals surface area contributed by atoms with Gasteiger partial charge < -0.3 is 15.9 Å². The van der Waals surface area contributed by atoms with Crippen molar-refractivity contribution >= 4 is 23.7 Å². The Morgan fingerprint density at radius 3 is 2.70 bits per heavy atom. The molecular formula is C14H14N2O4. The summed E-state index contributed by atoms with van der Waals surface area (Å²) in [6.45, 7) is 0. The maximum atomic E-state index is 11.1. The third-order valence-corrected chi connectivity index (χ3v) is 2.95. The van der Waals surface area contributed by atoms with E-state index in [1.54, 1.807) is 18.2 Å². The van der Waals surface area contributed by atoms with Crippen molar-refractivity contribution < 1.29 is 19.8 Å². The predicted molar refractivity (Wildman–Crippen MR) is 73.3 cm³/mol. The van der Waals surface area contributed by atoms with Crippen molar-refractivity contribution in [1.82, 2.24) is 0 Å². The Kier molecular flexibility index (Phi) is 3.95. The minimum Gasteiger partial charge on any atom is -0.480 e. The number of fused-ring (bicyclic) bond motifs is 1. The molecule has 1 aliphatic rings. The Hall–Kier alpha value is -2.47. The molecule has 1 aromatic carbocycles. The van der Waals surface area contributed by atoms with Gasteiger partial charge in [0.15, 0.2) is 6.04 Å². The summed E-state index contributed by atoms with van der Waals surface area (Å²) >= 11 is 0. The lowest BCUT2D eigenvalue weighted by atomic mass is 9.93. The van der Waals surface area contributed by atoms with Crippen LogP contribution < -0.4 is 5.73 Å². The number of nitrogens with zero attached hydrogens (tertiary/aromatic N) is 1. The summed E-state index contributed by atoms with van der Waals surface area (Å²) in [4.78, 5) is 26.0. The highest BCUT2D eigenvalue weighted by atomic mass is 16.4. The zero-order valence-corrected chi connectivity index (χ0v) is 10.6. The maximum absolute atomic E-state index is 11.1. The number of carbonyl (C=O) groups excluding carboxylic acids is 1. The van der Waals surface area contributed by atoms with Crippen LogP contribution >= 0.6 is 0 Å². The van der Waals surface area contributed by atoms with Crippen molar-refractivity contribution in [3.05, 3.63) is 41.5 Å². The summed E-state index contributed by atoms with van der Waals surface area (Å²) in [6.07, 6.45) is 1.85. The van der Waals surface area contributed by atoms with Crippen LogP contribution in [0.5, 0.6) is 0 Å². The molecule has 0 saturated carbocycles. The Balaban J connectivity index is 2.43. The van der Waals surface area contributed by atoms with E-state index in [0.717, 1.165) is 5.56 Å². The van der Waals surface area contributed by atoms with E-state index in [1.165, 1.54) is 6.08 Å². The third kappa shape index (κ3) is 2.92. The van der Waals surface area contributed by atoms with Gasteiger partial charge in [-0.15, -0.1) is 0 Å². The fourth-order valence-corrected chi connectivity index (χ4v) is 2.01. The second-order valence-electron chi connectivity index (χ2n) is 4.43. The molecule has 6 nitrogen and oxygen atoms in total. The number of nitrogens with two attached hydrogens (primary N) is 1. The number of hydrogen-bond acceptors (Lipinski definition) is 4. The number of carboxylic acids is 1. The molecule has 1 aliphatic carbocycles. The predicted octanol–water partition coefficient (Wildman–Crippen LogP) is 0.192. The van der Waals surface area contributed by atoms with Gasteiger partial charge in [-0.25, -0.2) is 4.79 Å². The number of hydrogen-bond donors (Lipinski definition) is 3. The number of rotatable bonds is 4. The molecule has 1 unspecified atom stereocenters. The van der Waals surface area contributed by atoms with E-state index < -0.39 is 30.4 Å². The van der Waals surface area contributed by atoms with Gasteiger partial charge in [0, 0.05) is 5.56 Å². The van der Waals surface area contributed by atoms with Crippen molar-refractivity contribution in [3.63, 3.8) is 0 Å². The molecule has 104 valence electrons. The highest BCUT2D eigenvalue weighted by Crippen LogP contribution is 2.21. The van der Waals surface area contributed by atoms with E-state index in [0.29, 0.717) is 5.56 Å². The van der Waals surface area contributed by atoms with Crippen LogP contribution in [0.15, 0.2) is 35.3 Å². The number of carbonyl (C=O) groups is 2. The number of amides is 1. The number of aliphatic hydroxyl groups is 1. The highest BCUT2D eigenvalue weighted by Gasteiger charge is 2.24. The van der Waals surface area contributed by atoms with Crippen LogP contribution in [0.2, 0.25) is 0 Å². The first-order valence-electron chi connectivity index (χ1n) is 6.03. The summed E-state index contributed by atoms with van der Waals surface area (Å²) in [5.74, 6) is -2.01. The number of aliphatic imine (C=N–C) groups is 1. The van der Waals surface area contributed by atoms with Crippen molar-refractivity contribution in [2.24, 2.45) is 10.7 Å². The molecule has 0 aromatic heterocycles. The van der Waals surface area contributed by atoms with Gasteiger partial charge >= 0.3 is 5.97 Å². The van der Waals surface area contributed by atoms with Gasteiger partial charge in [-0.1, -0.05) is 30.3 Å². The molecular weight excluding hydrogens is 260 g/mol. The second kappa shape index (κ2) is 5.66. The minimum absolute atomic E-state index is 0.233. The van der Waals surface area contributed by atoms with E-state index in [1.807, 2.05) is 12.1 Å². The standard InChI is InChI=1S/C14H14N2O4/c15-12(18)7-10(14(19)20)16-13-9-4-2-1-3-8(9)5-6-11(13)17/h1-6,10-11,17H,7H2,(H2,15,18)(H,19,20)/t10-,11?/m0/s1. The lowest BCUT2D eigenvalue weighted by Crippen LogP contribution is -2.31. The number of benzene rings is 1. The average Bonchev–Trinajstić information content (AvgIpc) is 2.40. The topological polar surface area (TPSA) is 113 Å². The van der Waals surface area contributed by atoms with Gasteiger partial charge in [0.05, 0.1) is 12.1 Å². The molecule has 20 heavy (non-hydrogen) atoms. The third-order valence-electron chi connectivity index (χ3n) is 2.95. The summed E-state index contributed by atoms with van der Waals surface area (Å²) in [7, 11) is 0. The zero-order chi connectivity index (χ0) is 14.7. The average molecular weight is 274 g/mol. The van der Waals surface area contributed by atoms with Crippen LogP contribution in [0.3, 0.4) is 0 Å². The van der Waals surface area contributed by atoms with Crippen LogP contribution in [0.25, 0.3) is 6.08 Å². The van der Waals surface area contributed by atoms with Gasteiger partial charge in [0.25, 0.3) is 0 Å². The van der Waals surface area contributed by atoms with Crippen LogP contribution in [0.4, 0.5) is 0 Å². The van der Waals surface area contributed by atoms with Crippen LogP contribution in [-0.2, 0) is 9.59 Å². The van der Waals surface area contributed by atoms with Gasteiger partial charge in [-0.3, -0.25) is 9.79 Å². The summed E-state index contributed by atoms with van der Waals surface area (Å²) < 4.78 is 0. The Morgan fingerprint density at radius 2 is 2.05 bits per heavy atom. The smallest absolute Gasteiger partial charge is 0.328 e. The SMILES string of the molecule is NC(=O)C[C@H](N=C1c2ccccc2C=CC1O)C(=O)O. The summed E-state index contributed by atoms with van der Waals surface area (Å²) in [6, 6.07) is 5.87. The Bertz CT molecular complexity index is 607. The molecule has 0 fully saturated rings. The van der Waals surface area contributed by atoms with Crippen molar-refractivity contribution in [2.45, 2.75) is 18.6 Å². The van der Waals surface area contributed by atoms with Crippen molar-refractivity contribution in [2.75, 3.05) is 0 Å². The fourth-order valence-electron chi connectivity index (χ4n) is 2.01. The molecule has 0 bridgehead atoms. The molecule has 0 heterocycles. The molecule has 0 spiro atoms. The summed E-state index contributed by atoms with van der Waals surface area (Å²) in [5.41, 5.74) is 6.73. The first kappa shape index (κ1) is 14.0. The second-order valence-corrected chi connectivity index (χ2v) is 4.43. The lowest BCUT2D eigenvalue weighted by Gasteiger charge is -2.19. The van der Waals surface area contributed by atoms with Gasteiger partial charge in [0.1, 0.15) is 6.10 Å². The van der Waals surface area contributed by atoms with E-state index in [9.17, 15) is 14.7 Å². The van der Waals surface area contributed by atoms with Gasteiger partial charge in [0.2, 0.25) is 5.91 Å². The van der Waals surface area contributed by atoms with Crippen molar-refractivity contribution in [1.29, 1.82) is 0 Å². The van der Waals surface area contributed by atoms with Gasteiger partial charge in [-0.2, -0.15) is 0 Å². The number of aliphatic carboxylic acids is 1. The Morgan fingerprint density at radius 1 is 1.35 bits per heavy atom. The quantitative estimate of drug-likeness (QED) is 0.727. The van der Waals surface area contributed by atoms with Gasteiger partial charge in [-0.05, 0) is 11.6 Å². The first-order chi connectivity index (χ1) is 9.49. The lowest BCUT2D eigenvalue weighted by molar-refractivity contribution is -0.140. The molecule has 2 atom stereocenters. The van der Waals surface area contributed by atoms with E-state index in [-0.39, 0.29) is 5.71 Å². The largest absolute Gasteiger partial charge is 0.480 e. The molecule has 0 saturated heterocycles. The fraction of sp³-hybridized carbons (Fsp3) is 0.214. The monoisotopic (exact) mass is 274 g/mol. The molecule has 0 aliphatic heterocycles. The molecule has 1 aromatic rings. The normalized spacial score (nSPS) is 20.4. The molecule has 1 amide bonds. The summed E-state index contributed by atoms with van der Waals surface area (Å²) in [5, 5.41) is 19.0. The van der Waals surface area contributed by atoms with Crippen LogP contribution in [0.1, 0.15) is 17.5 Å². The number of aliphatic hydroxyl groups excluding tert-OH is 1. The number of primary amides is 1. The molecule has 4 N–H and O–H groups in total. The minimum atomic E-state index is -1.29. The number of carboxylic acid groups (broad SMARTS) is 1. The van der Waals surface area contributed by atoms with E-state index in [2.05, 4.69) is 4.99 Å². The zero-order valence-electron chi connectivity index (χ0n) is 10.6. The highest BCUT2D eigenvalue weighted by molar-refractivity contribution is 6.10. The molecule has 2 rings (SSSR count). The maximum Gasteiger partial charge on any atom is 0.328 e. The van der Waals surface area contributed by atoms with Crippen molar-refractivity contribution in [3.8, 4) is 0 Å². The molecule has 0 radical (unpaired) electrons. The Labute approximate surface area is 115 Å².